The molecule has 0 spiro atoms. The molecule has 0 saturated heterocycles. The van der Waals surface area contributed by atoms with Gasteiger partial charge >= 0.3 is 6.18 Å². The zero-order valence-electron chi connectivity index (χ0n) is 14.0. The van der Waals surface area contributed by atoms with Crippen LogP contribution in [-0.4, -0.2) is 31.7 Å². The number of hydrogen-bond acceptors (Lipinski definition) is 5. The number of hydrogen-bond donors (Lipinski definition) is 0. The molecule has 9 heteroatoms. The number of nitrogens with zero attached hydrogens (tertiary/aromatic N) is 5. The van der Waals surface area contributed by atoms with Crippen LogP contribution in [0.25, 0.3) is 28.4 Å². The van der Waals surface area contributed by atoms with Crippen LogP contribution in [0.5, 0.6) is 5.75 Å². The SMILES string of the molecule is COc1ccc(-c2cc(C(F)(F)F)n3nc(-c4cccnc4)nc3n2)cc1. The molecule has 0 saturated carbocycles. The highest BCUT2D eigenvalue weighted by molar-refractivity contribution is 5.64. The molecule has 0 unspecified atom stereocenters. The van der Waals surface area contributed by atoms with E-state index in [1.165, 1.54) is 13.3 Å². The standard InChI is InChI=1S/C18H12F3N5O/c1-27-13-6-4-11(5-7-13)14-9-15(18(19,20)21)26-17(23-14)24-16(25-26)12-3-2-8-22-10-12/h2-10H,1H3. The Morgan fingerprint density at radius 3 is 2.41 bits per heavy atom. The Morgan fingerprint density at radius 2 is 1.78 bits per heavy atom. The van der Waals surface area contributed by atoms with Crippen LogP contribution in [0.2, 0.25) is 0 Å². The van der Waals surface area contributed by atoms with E-state index in [0.717, 1.165) is 6.07 Å². The monoisotopic (exact) mass is 371 g/mol. The number of ether oxygens (including phenoxy) is 1. The van der Waals surface area contributed by atoms with Crippen molar-refractivity contribution in [3.8, 4) is 28.4 Å². The van der Waals surface area contributed by atoms with Crippen LogP contribution in [0.4, 0.5) is 13.2 Å². The third-order valence-electron chi connectivity index (χ3n) is 3.91. The predicted octanol–water partition coefficient (Wildman–Crippen LogP) is 3.88. The van der Waals surface area contributed by atoms with Gasteiger partial charge in [0.25, 0.3) is 5.78 Å². The number of halogens is 3. The first-order valence-electron chi connectivity index (χ1n) is 7.85. The number of pyridine rings is 1. The van der Waals surface area contributed by atoms with Gasteiger partial charge in [-0.3, -0.25) is 4.98 Å². The summed E-state index contributed by atoms with van der Waals surface area (Å²) in [6.07, 6.45) is -1.59. The van der Waals surface area contributed by atoms with E-state index in [1.807, 2.05) is 0 Å². The molecule has 4 rings (SSSR count). The van der Waals surface area contributed by atoms with Crippen molar-refractivity contribution < 1.29 is 17.9 Å². The highest BCUT2D eigenvalue weighted by atomic mass is 19.4. The fourth-order valence-corrected chi connectivity index (χ4v) is 2.60. The number of alkyl halides is 3. The van der Waals surface area contributed by atoms with Crippen molar-refractivity contribution in [1.82, 2.24) is 24.6 Å². The molecule has 1 aromatic carbocycles. The average molecular weight is 371 g/mol. The summed E-state index contributed by atoms with van der Waals surface area (Å²) >= 11 is 0. The molecule has 6 nitrogen and oxygen atoms in total. The lowest BCUT2D eigenvalue weighted by Crippen LogP contribution is -2.13. The van der Waals surface area contributed by atoms with E-state index < -0.39 is 11.9 Å². The third-order valence-corrected chi connectivity index (χ3v) is 3.91. The normalized spacial score (nSPS) is 11.7. The van der Waals surface area contributed by atoms with Crippen molar-refractivity contribution in [3.05, 3.63) is 60.6 Å². The van der Waals surface area contributed by atoms with Crippen LogP contribution in [0.1, 0.15) is 5.69 Å². The summed E-state index contributed by atoms with van der Waals surface area (Å²) in [4.78, 5) is 12.3. The third kappa shape index (κ3) is 3.19. The summed E-state index contributed by atoms with van der Waals surface area (Å²) in [6, 6.07) is 10.9. The minimum Gasteiger partial charge on any atom is -0.497 e. The molecule has 0 aliphatic heterocycles. The summed E-state index contributed by atoms with van der Waals surface area (Å²) in [5.74, 6) is 0.569. The zero-order valence-corrected chi connectivity index (χ0v) is 14.0. The van der Waals surface area contributed by atoms with Gasteiger partial charge in [0, 0.05) is 23.5 Å². The quantitative estimate of drug-likeness (QED) is 0.547. The van der Waals surface area contributed by atoms with Crippen molar-refractivity contribution >= 4 is 5.78 Å². The Hall–Kier alpha value is -3.49. The first-order valence-corrected chi connectivity index (χ1v) is 7.85. The largest absolute Gasteiger partial charge is 0.497 e. The van der Waals surface area contributed by atoms with Crippen molar-refractivity contribution in [2.75, 3.05) is 7.11 Å². The van der Waals surface area contributed by atoms with E-state index in [2.05, 4.69) is 20.1 Å². The van der Waals surface area contributed by atoms with Crippen molar-refractivity contribution in [2.45, 2.75) is 6.18 Å². The minimum atomic E-state index is -4.62. The molecule has 0 aliphatic rings. The maximum absolute atomic E-state index is 13.6. The van der Waals surface area contributed by atoms with E-state index >= 15 is 0 Å². The topological polar surface area (TPSA) is 65.2 Å². The van der Waals surface area contributed by atoms with Gasteiger partial charge in [0.15, 0.2) is 11.5 Å². The Kier molecular flexibility index (Phi) is 3.98. The van der Waals surface area contributed by atoms with Crippen LogP contribution >= 0.6 is 0 Å². The fourth-order valence-electron chi connectivity index (χ4n) is 2.60. The number of methoxy groups -OCH3 is 1. The lowest BCUT2D eigenvalue weighted by atomic mass is 10.1. The summed E-state index contributed by atoms with van der Waals surface area (Å²) in [7, 11) is 1.51. The second kappa shape index (κ2) is 6.35. The summed E-state index contributed by atoms with van der Waals surface area (Å²) in [5.41, 5.74) is 0.195. The highest BCUT2D eigenvalue weighted by Crippen LogP contribution is 2.32. The Morgan fingerprint density at radius 1 is 1.00 bits per heavy atom. The van der Waals surface area contributed by atoms with Crippen LogP contribution in [0.3, 0.4) is 0 Å². The van der Waals surface area contributed by atoms with E-state index in [0.29, 0.717) is 21.4 Å². The zero-order chi connectivity index (χ0) is 19.0. The van der Waals surface area contributed by atoms with Crippen LogP contribution < -0.4 is 4.74 Å². The molecule has 0 aliphatic carbocycles. The Balaban J connectivity index is 1.91. The second-order valence-corrected chi connectivity index (χ2v) is 5.64. The predicted molar refractivity (Wildman–Crippen MR) is 91.0 cm³/mol. The lowest BCUT2D eigenvalue weighted by Gasteiger charge is -2.10. The lowest BCUT2D eigenvalue weighted by molar-refractivity contribution is -0.142. The summed E-state index contributed by atoms with van der Waals surface area (Å²) in [6.45, 7) is 0. The first kappa shape index (κ1) is 17.0. The molecule has 0 radical (unpaired) electrons. The number of benzene rings is 1. The Bertz CT molecular complexity index is 1090. The van der Waals surface area contributed by atoms with Crippen LogP contribution in [0.15, 0.2) is 54.9 Å². The van der Waals surface area contributed by atoms with Gasteiger partial charge in [-0.15, -0.1) is 5.10 Å². The molecule has 0 N–H and O–H groups in total. The highest BCUT2D eigenvalue weighted by Gasteiger charge is 2.35. The van der Waals surface area contributed by atoms with Crippen LogP contribution in [-0.2, 0) is 6.18 Å². The minimum absolute atomic E-state index is 0.119. The maximum Gasteiger partial charge on any atom is 0.433 e. The van der Waals surface area contributed by atoms with Crippen molar-refractivity contribution in [3.63, 3.8) is 0 Å². The summed E-state index contributed by atoms with van der Waals surface area (Å²) in [5, 5.41) is 3.97. The van der Waals surface area contributed by atoms with E-state index in [1.54, 1.807) is 42.6 Å². The van der Waals surface area contributed by atoms with Gasteiger partial charge in [-0.05, 0) is 42.5 Å². The van der Waals surface area contributed by atoms with E-state index in [4.69, 9.17) is 4.74 Å². The molecule has 4 aromatic rings. The van der Waals surface area contributed by atoms with Gasteiger partial charge < -0.3 is 4.74 Å². The molecule has 3 heterocycles. The fraction of sp³-hybridized carbons (Fsp3) is 0.111. The molecule has 0 amide bonds. The number of aromatic nitrogens is 5. The van der Waals surface area contributed by atoms with E-state index in [-0.39, 0.29) is 17.3 Å². The number of rotatable bonds is 3. The Labute approximate surface area is 151 Å². The molecule has 27 heavy (non-hydrogen) atoms. The smallest absolute Gasteiger partial charge is 0.433 e. The van der Waals surface area contributed by atoms with Gasteiger partial charge in [0.2, 0.25) is 0 Å². The van der Waals surface area contributed by atoms with Gasteiger partial charge in [-0.2, -0.15) is 22.7 Å². The number of fused-ring (bicyclic) bond motifs is 1. The van der Waals surface area contributed by atoms with Gasteiger partial charge in [0.05, 0.1) is 12.8 Å². The molecule has 136 valence electrons. The summed E-state index contributed by atoms with van der Waals surface area (Å²) < 4.78 is 46.6. The second-order valence-electron chi connectivity index (χ2n) is 5.64. The maximum atomic E-state index is 13.6. The molecule has 0 atom stereocenters. The van der Waals surface area contributed by atoms with Crippen LogP contribution in [0, 0.1) is 0 Å². The molecular formula is C18H12F3N5O. The van der Waals surface area contributed by atoms with Crippen molar-refractivity contribution in [2.24, 2.45) is 0 Å². The van der Waals surface area contributed by atoms with Crippen molar-refractivity contribution in [1.29, 1.82) is 0 Å². The van der Waals surface area contributed by atoms with Gasteiger partial charge in [-0.1, -0.05) is 0 Å². The molecule has 0 bridgehead atoms. The first-order chi connectivity index (χ1) is 13.0. The molecule has 0 fully saturated rings. The van der Waals surface area contributed by atoms with E-state index in [9.17, 15) is 13.2 Å². The average Bonchev–Trinajstić information content (AvgIpc) is 3.11. The van der Waals surface area contributed by atoms with Gasteiger partial charge in [-0.25, -0.2) is 4.98 Å². The molecule has 3 aromatic heterocycles. The van der Waals surface area contributed by atoms with Gasteiger partial charge in [0.1, 0.15) is 5.75 Å². The molecular weight excluding hydrogens is 359 g/mol.